The molecule has 0 radical (unpaired) electrons. The van der Waals surface area contributed by atoms with E-state index in [-0.39, 0.29) is 11.9 Å². The number of alkyl halides is 1. The third-order valence-corrected chi connectivity index (χ3v) is 3.70. The SMILES string of the molecule is Cc1ccc(C(=O)NC(C)CCCCl)cc1Br. The molecule has 0 fully saturated rings. The summed E-state index contributed by atoms with van der Waals surface area (Å²) in [6.07, 6.45) is 1.82. The third kappa shape index (κ3) is 4.68. The molecule has 1 amide bonds. The van der Waals surface area contributed by atoms with Crippen molar-refractivity contribution in [3.05, 3.63) is 33.8 Å². The Labute approximate surface area is 116 Å². The summed E-state index contributed by atoms with van der Waals surface area (Å²) < 4.78 is 0.957. The monoisotopic (exact) mass is 317 g/mol. The van der Waals surface area contributed by atoms with Crippen LogP contribution < -0.4 is 5.32 Å². The van der Waals surface area contributed by atoms with E-state index in [9.17, 15) is 4.79 Å². The molecule has 0 bridgehead atoms. The van der Waals surface area contributed by atoms with E-state index in [1.807, 2.05) is 32.0 Å². The first-order valence-electron chi connectivity index (χ1n) is 5.67. The number of halogens is 2. The Bertz CT molecular complexity index is 395. The number of carbonyl (C=O) groups is 1. The molecule has 0 aliphatic carbocycles. The molecule has 0 heterocycles. The predicted octanol–water partition coefficient (Wildman–Crippen LogP) is 3.89. The van der Waals surface area contributed by atoms with Crippen molar-refractivity contribution in [2.75, 3.05) is 5.88 Å². The number of benzene rings is 1. The van der Waals surface area contributed by atoms with Crippen LogP contribution >= 0.6 is 27.5 Å². The Morgan fingerprint density at radius 3 is 2.82 bits per heavy atom. The van der Waals surface area contributed by atoms with Crippen molar-refractivity contribution >= 4 is 33.4 Å². The zero-order valence-electron chi connectivity index (χ0n) is 10.1. The van der Waals surface area contributed by atoms with Crippen molar-refractivity contribution < 1.29 is 4.79 Å². The minimum Gasteiger partial charge on any atom is -0.350 e. The fourth-order valence-electron chi connectivity index (χ4n) is 1.50. The maximum Gasteiger partial charge on any atom is 0.251 e. The van der Waals surface area contributed by atoms with Crippen molar-refractivity contribution in [2.45, 2.75) is 32.7 Å². The molecule has 0 spiro atoms. The lowest BCUT2D eigenvalue weighted by molar-refractivity contribution is 0.0938. The number of aryl methyl sites for hydroxylation is 1. The molecule has 0 aliphatic heterocycles. The summed E-state index contributed by atoms with van der Waals surface area (Å²) in [6, 6.07) is 5.77. The van der Waals surface area contributed by atoms with Crippen LogP contribution in [-0.4, -0.2) is 17.8 Å². The molecule has 17 heavy (non-hydrogen) atoms. The summed E-state index contributed by atoms with van der Waals surface area (Å²) >= 11 is 9.04. The number of hydrogen-bond acceptors (Lipinski definition) is 1. The van der Waals surface area contributed by atoms with E-state index in [1.54, 1.807) is 0 Å². The van der Waals surface area contributed by atoms with Crippen molar-refractivity contribution in [1.29, 1.82) is 0 Å². The van der Waals surface area contributed by atoms with Gasteiger partial charge in [-0.15, -0.1) is 11.6 Å². The van der Waals surface area contributed by atoms with Crippen molar-refractivity contribution in [2.24, 2.45) is 0 Å². The smallest absolute Gasteiger partial charge is 0.251 e. The lowest BCUT2D eigenvalue weighted by Gasteiger charge is -2.13. The highest BCUT2D eigenvalue weighted by atomic mass is 79.9. The zero-order chi connectivity index (χ0) is 12.8. The molecule has 4 heteroatoms. The number of carbonyl (C=O) groups excluding carboxylic acids is 1. The normalized spacial score (nSPS) is 12.2. The maximum atomic E-state index is 11.9. The van der Waals surface area contributed by atoms with Crippen LogP contribution in [0.1, 0.15) is 35.7 Å². The van der Waals surface area contributed by atoms with Gasteiger partial charge >= 0.3 is 0 Å². The molecule has 1 aromatic rings. The Balaban J connectivity index is 2.60. The minimum absolute atomic E-state index is 0.0345. The molecule has 94 valence electrons. The van der Waals surface area contributed by atoms with Crippen molar-refractivity contribution in [1.82, 2.24) is 5.32 Å². The van der Waals surface area contributed by atoms with Gasteiger partial charge in [-0.25, -0.2) is 0 Å². The zero-order valence-corrected chi connectivity index (χ0v) is 12.4. The van der Waals surface area contributed by atoms with Gasteiger partial charge in [-0.1, -0.05) is 22.0 Å². The second kappa shape index (κ2) is 7.02. The largest absolute Gasteiger partial charge is 0.350 e. The van der Waals surface area contributed by atoms with Crippen LogP contribution in [0, 0.1) is 6.92 Å². The van der Waals surface area contributed by atoms with Gasteiger partial charge in [0.1, 0.15) is 0 Å². The Kier molecular flexibility index (Phi) is 6.00. The fourth-order valence-corrected chi connectivity index (χ4v) is 2.03. The molecule has 0 aliphatic rings. The van der Waals surface area contributed by atoms with E-state index < -0.39 is 0 Å². The van der Waals surface area contributed by atoms with Crippen LogP contribution in [0.5, 0.6) is 0 Å². The molecular weight excluding hydrogens is 302 g/mol. The number of nitrogens with one attached hydrogen (secondary N) is 1. The Morgan fingerprint density at radius 1 is 1.53 bits per heavy atom. The van der Waals surface area contributed by atoms with Crippen LogP contribution in [0.4, 0.5) is 0 Å². The molecule has 1 rings (SSSR count). The number of hydrogen-bond donors (Lipinski definition) is 1. The number of rotatable bonds is 5. The third-order valence-electron chi connectivity index (χ3n) is 2.58. The van der Waals surface area contributed by atoms with Gasteiger partial charge in [-0.3, -0.25) is 4.79 Å². The van der Waals surface area contributed by atoms with E-state index in [0.717, 1.165) is 22.9 Å². The lowest BCUT2D eigenvalue weighted by atomic mass is 10.1. The highest BCUT2D eigenvalue weighted by Crippen LogP contribution is 2.17. The van der Waals surface area contributed by atoms with Crippen LogP contribution in [0.25, 0.3) is 0 Å². The second-order valence-electron chi connectivity index (χ2n) is 4.17. The molecule has 2 nitrogen and oxygen atoms in total. The summed E-state index contributed by atoms with van der Waals surface area (Å²) in [4.78, 5) is 11.9. The Hall–Kier alpha value is -0.540. The van der Waals surface area contributed by atoms with E-state index in [2.05, 4.69) is 21.2 Å². The number of amides is 1. The van der Waals surface area contributed by atoms with Gasteiger partial charge in [0.2, 0.25) is 0 Å². The quantitative estimate of drug-likeness (QED) is 0.820. The Morgan fingerprint density at radius 2 is 2.24 bits per heavy atom. The first kappa shape index (κ1) is 14.5. The highest BCUT2D eigenvalue weighted by molar-refractivity contribution is 9.10. The van der Waals surface area contributed by atoms with E-state index >= 15 is 0 Å². The predicted molar refractivity (Wildman–Crippen MR) is 75.8 cm³/mol. The highest BCUT2D eigenvalue weighted by Gasteiger charge is 2.10. The standard InChI is InChI=1S/C13H17BrClNO/c1-9-5-6-11(8-12(9)14)13(17)16-10(2)4-3-7-15/h5-6,8,10H,3-4,7H2,1-2H3,(H,16,17). The topological polar surface area (TPSA) is 29.1 Å². The van der Waals surface area contributed by atoms with Gasteiger partial charge in [0.15, 0.2) is 0 Å². The van der Waals surface area contributed by atoms with Gasteiger partial charge in [-0.05, 0) is 44.4 Å². The second-order valence-corrected chi connectivity index (χ2v) is 5.40. The van der Waals surface area contributed by atoms with E-state index in [4.69, 9.17) is 11.6 Å². The average Bonchev–Trinajstić information content (AvgIpc) is 2.30. The fraction of sp³-hybridized carbons (Fsp3) is 0.462. The maximum absolute atomic E-state index is 11.9. The minimum atomic E-state index is -0.0345. The van der Waals surface area contributed by atoms with Crippen LogP contribution in [0.15, 0.2) is 22.7 Å². The average molecular weight is 319 g/mol. The van der Waals surface area contributed by atoms with Crippen molar-refractivity contribution in [3.63, 3.8) is 0 Å². The molecular formula is C13H17BrClNO. The first-order chi connectivity index (χ1) is 8.04. The van der Waals surface area contributed by atoms with E-state index in [1.165, 1.54) is 0 Å². The van der Waals surface area contributed by atoms with Gasteiger partial charge in [0, 0.05) is 22.0 Å². The van der Waals surface area contributed by atoms with Gasteiger partial charge in [0.25, 0.3) is 5.91 Å². The van der Waals surface area contributed by atoms with Crippen molar-refractivity contribution in [3.8, 4) is 0 Å². The molecule has 1 N–H and O–H groups in total. The first-order valence-corrected chi connectivity index (χ1v) is 7.00. The molecule has 1 unspecified atom stereocenters. The summed E-state index contributed by atoms with van der Waals surface area (Å²) in [5.74, 6) is 0.601. The van der Waals surface area contributed by atoms with Gasteiger partial charge in [-0.2, -0.15) is 0 Å². The summed E-state index contributed by atoms with van der Waals surface area (Å²) in [6.45, 7) is 3.99. The van der Waals surface area contributed by atoms with Gasteiger partial charge in [0.05, 0.1) is 0 Å². The molecule has 0 aromatic heterocycles. The van der Waals surface area contributed by atoms with Crippen LogP contribution in [0.2, 0.25) is 0 Å². The summed E-state index contributed by atoms with van der Waals surface area (Å²) in [5.41, 5.74) is 1.80. The summed E-state index contributed by atoms with van der Waals surface area (Å²) in [7, 11) is 0. The molecule has 1 atom stereocenters. The van der Waals surface area contributed by atoms with Crippen LogP contribution in [-0.2, 0) is 0 Å². The van der Waals surface area contributed by atoms with Crippen LogP contribution in [0.3, 0.4) is 0 Å². The van der Waals surface area contributed by atoms with E-state index in [0.29, 0.717) is 11.4 Å². The lowest BCUT2D eigenvalue weighted by Crippen LogP contribution is -2.32. The molecule has 0 saturated carbocycles. The summed E-state index contributed by atoms with van der Waals surface area (Å²) in [5, 5.41) is 2.96. The van der Waals surface area contributed by atoms with Gasteiger partial charge < -0.3 is 5.32 Å². The molecule has 1 aromatic carbocycles. The molecule has 0 saturated heterocycles.